The highest BCUT2D eigenvalue weighted by Gasteiger charge is 2.22. The van der Waals surface area contributed by atoms with Gasteiger partial charge in [-0.1, -0.05) is 69.5 Å². The topological polar surface area (TPSA) is 92.8 Å². The number of nitrogens with zero attached hydrogens (tertiary/aromatic N) is 1. The van der Waals surface area contributed by atoms with E-state index in [9.17, 15) is 9.59 Å². The molecule has 212 valence electrons. The summed E-state index contributed by atoms with van der Waals surface area (Å²) in [5, 5.41) is 5.83. The highest BCUT2D eigenvalue weighted by Crippen LogP contribution is 2.39. The Morgan fingerprint density at radius 1 is 0.952 bits per heavy atom. The van der Waals surface area contributed by atoms with E-state index in [0.717, 1.165) is 15.4 Å². The van der Waals surface area contributed by atoms with Crippen LogP contribution in [0.4, 0.5) is 0 Å². The Morgan fingerprint density at radius 3 is 2.50 bits per heavy atom. The zero-order chi connectivity index (χ0) is 30.0. The van der Waals surface area contributed by atoms with Crippen LogP contribution in [0.1, 0.15) is 26.4 Å². The van der Waals surface area contributed by atoms with Crippen LogP contribution in [0, 0.1) is 0 Å². The zero-order valence-corrected chi connectivity index (χ0v) is 27.7. The standard InChI is InChI=1S/C30H18Br3Cl2N3O4/c1-41-24-10-9-17(34)13-20(24)30(40)42-28-15(11-16(31)12-22(28)33)14-36-38-29(39)27-25(18-5-2-3-8-23(18)35)19-6-4-7-21(32)26(19)37-27/h2-14,37H,1H3,(H,38,39). The van der Waals surface area contributed by atoms with Crippen molar-refractivity contribution in [2.75, 3.05) is 7.11 Å². The number of fused-ring (bicyclic) bond motifs is 1. The number of benzene rings is 4. The predicted octanol–water partition coefficient (Wildman–Crippen LogP) is 9.42. The fourth-order valence-electron chi connectivity index (χ4n) is 4.28. The molecule has 0 radical (unpaired) electrons. The van der Waals surface area contributed by atoms with Crippen LogP contribution >= 0.6 is 71.0 Å². The molecular weight excluding hydrogens is 777 g/mol. The van der Waals surface area contributed by atoms with Crippen molar-refractivity contribution < 1.29 is 19.1 Å². The highest BCUT2D eigenvalue weighted by molar-refractivity contribution is 9.11. The molecule has 0 atom stereocenters. The molecule has 7 nitrogen and oxygen atoms in total. The van der Waals surface area contributed by atoms with Crippen LogP contribution in [-0.4, -0.2) is 30.2 Å². The van der Waals surface area contributed by atoms with Gasteiger partial charge < -0.3 is 14.5 Å². The molecule has 0 saturated heterocycles. The third-order valence-electron chi connectivity index (χ3n) is 6.14. The maximum atomic E-state index is 13.5. The minimum atomic E-state index is -0.691. The molecule has 5 aromatic rings. The first-order valence-electron chi connectivity index (χ1n) is 12.1. The predicted molar refractivity (Wildman–Crippen MR) is 176 cm³/mol. The minimum absolute atomic E-state index is 0.146. The van der Waals surface area contributed by atoms with Gasteiger partial charge in [-0.25, -0.2) is 10.2 Å². The first-order valence-corrected chi connectivity index (χ1v) is 15.2. The van der Waals surface area contributed by atoms with Crippen molar-refractivity contribution in [3.8, 4) is 22.6 Å². The van der Waals surface area contributed by atoms with Gasteiger partial charge in [0.05, 0.1) is 23.3 Å². The lowest BCUT2D eigenvalue weighted by atomic mass is 10.0. The van der Waals surface area contributed by atoms with Gasteiger partial charge >= 0.3 is 5.97 Å². The molecule has 42 heavy (non-hydrogen) atoms. The number of halogens is 5. The second-order valence-corrected chi connectivity index (χ2v) is 12.2. The summed E-state index contributed by atoms with van der Waals surface area (Å²) in [5.41, 5.74) is 5.46. The summed E-state index contributed by atoms with van der Waals surface area (Å²) in [4.78, 5) is 29.7. The first-order chi connectivity index (χ1) is 20.2. The summed E-state index contributed by atoms with van der Waals surface area (Å²) in [6.07, 6.45) is 1.37. The van der Waals surface area contributed by atoms with Gasteiger partial charge in [0.15, 0.2) is 5.75 Å². The summed E-state index contributed by atoms with van der Waals surface area (Å²) in [6.45, 7) is 0. The molecule has 1 aromatic heterocycles. The van der Waals surface area contributed by atoms with E-state index in [1.807, 2.05) is 36.4 Å². The first kappa shape index (κ1) is 30.3. The maximum Gasteiger partial charge on any atom is 0.347 e. The number of aromatic nitrogens is 1. The van der Waals surface area contributed by atoms with Crippen LogP contribution in [0.2, 0.25) is 10.0 Å². The lowest BCUT2D eigenvalue weighted by molar-refractivity contribution is 0.0729. The molecule has 0 spiro atoms. The number of para-hydroxylation sites is 1. The number of hydrazone groups is 1. The third-order valence-corrected chi connectivity index (χ3v) is 8.41. The number of aromatic amines is 1. The van der Waals surface area contributed by atoms with Crippen molar-refractivity contribution >= 4 is 100.0 Å². The number of carbonyl (C=O) groups excluding carboxylic acids is 2. The number of rotatable bonds is 7. The van der Waals surface area contributed by atoms with E-state index in [1.165, 1.54) is 19.4 Å². The third kappa shape index (κ3) is 6.28. The Hall–Kier alpha value is -3.15. The van der Waals surface area contributed by atoms with Crippen molar-refractivity contribution in [3.05, 3.63) is 113 Å². The van der Waals surface area contributed by atoms with E-state index in [4.69, 9.17) is 32.7 Å². The molecule has 5 rings (SSSR count). The van der Waals surface area contributed by atoms with Gasteiger partial charge in [-0.2, -0.15) is 5.10 Å². The average molecular weight is 795 g/mol. The molecule has 2 N–H and O–H groups in total. The van der Waals surface area contributed by atoms with Crippen molar-refractivity contribution in [1.29, 1.82) is 0 Å². The Labute approximate surface area is 275 Å². The Balaban J connectivity index is 1.47. The minimum Gasteiger partial charge on any atom is -0.496 e. The van der Waals surface area contributed by atoms with Gasteiger partial charge in [0.2, 0.25) is 0 Å². The van der Waals surface area contributed by atoms with Crippen LogP contribution in [0.25, 0.3) is 22.0 Å². The molecule has 0 aliphatic carbocycles. The van der Waals surface area contributed by atoms with Gasteiger partial charge in [-0.15, -0.1) is 0 Å². The van der Waals surface area contributed by atoms with E-state index >= 15 is 0 Å². The molecule has 0 aliphatic heterocycles. The number of hydrogen-bond acceptors (Lipinski definition) is 5. The van der Waals surface area contributed by atoms with E-state index in [1.54, 1.807) is 30.3 Å². The number of amides is 1. The van der Waals surface area contributed by atoms with Gasteiger partial charge in [0.1, 0.15) is 17.0 Å². The summed E-state index contributed by atoms with van der Waals surface area (Å²) < 4.78 is 13.0. The van der Waals surface area contributed by atoms with Crippen LogP contribution in [0.3, 0.4) is 0 Å². The molecule has 0 saturated carbocycles. The summed E-state index contributed by atoms with van der Waals surface area (Å²) >= 11 is 23.0. The van der Waals surface area contributed by atoms with Gasteiger partial charge in [-0.05, 0) is 74.3 Å². The van der Waals surface area contributed by atoms with Gasteiger partial charge in [0.25, 0.3) is 5.91 Å². The van der Waals surface area contributed by atoms with Crippen molar-refractivity contribution in [3.63, 3.8) is 0 Å². The number of carbonyl (C=O) groups is 2. The number of methoxy groups -OCH3 is 1. The molecule has 0 aliphatic rings. The Kier molecular flexibility index (Phi) is 9.39. The van der Waals surface area contributed by atoms with Crippen molar-refractivity contribution in [2.24, 2.45) is 5.10 Å². The Morgan fingerprint density at radius 2 is 1.74 bits per heavy atom. The molecule has 1 amide bonds. The molecule has 0 unspecified atom stereocenters. The van der Waals surface area contributed by atoms with Gasteiger partial charge in [-0.3, -0.25) is 4.79 Å². The SMILES string of the molecule is COc1ccc(Cl)cc1C(=O)Oc1c(Br)cc(Br)cc1C=NNC(=O)c1[nH]c2c(Br)cccc2c1-c1ccccc1Cl. The number of ether oxygens (including phenoxy) is 2. The molecule has 12 heteroatoms. The highest BCUT2D eigenvalue weighted by atomic mass is 79.9. The van der Waals surface area contributed by atoms with Crippen molar-refractivity contribution in [2.45, 2.75) is 0 Å². The molecule has 0 fully saturated rings. The van der Waals surface area contributed by atoms with Crippen LogP contribution in [-0.2, 0) is 0 Å². The quantitative estimate of drug-likeness (QED) is 0.0744. The number of nitrogens with one attached hydrogen (secondary N) is 2. The largest absolute Gasteiger partial charge is 0.496 e. The van der Waals surface area contributed by atoms with E-state index in [0.29, 0.717) is 41.4 Å². The average Bonchev–Trinajstić information content (AvgIpc) is 3.35. The fourth-order valence-corrected chi connectivity index (χ4v) is 6.49. The van der Waals surface area contributed by atoms with Crippen LogP contribution in [0.5, 0.6) is 11.5 Å². The molecular formula is C30H18Br3Cl2N3O4. The summed E-state index contributed by atoms with van der Waals surface area (Å²) in [5.74, 6) is -0.710. The zero-order valence-electron chi connectivity index (χ0n) is 21.5. The second kappa shape index (κ2) is 13.0. The van der Waals surface area contributed by atoms with Crippen LogP contribution < -0.4 is 14.9 Å². The summed E-state index contributed by atoms with van der Waals surface area (Å²) in [7, 11) is 1.44. The van der Waals surface area contributed by atoms with Crippen molar-refractivity contribution in [1.82, 2.24) is 10.4 Å². The molecule has 4 aromatic carbocycles. The second-order valence-electron chi connectivity index (χ2n) is 8.76. The van der Waals surface area contributed by atoms with Crippen LogP contribution in [0.15, 0.2) is 91.3 Å². The van der Waals surface area contributed by atoms with Gasteiger partial charge in [0, 0.05) is 41.1 Å². The maximum absolute atomic E-state index is 13.5. The fraction of sp³-hybridized carbons (Fsp3) is 0.0333. The summed E-state index contributed by atoms with van der Waals surface area (Å²) in [6, 6.07) is 21.0. The van der Waals surface area contributed by atoms with E-state index in [-0.39, 0.29) is 17.0 Å². The molecule has 1 heterocycles. The number of esters is 1. The lowest BCUT2D eigenvalue weighted by Crippen LogP contribution is -2.19. The molecule has 0 bridgehead atoms. The van der Waals surface area contributed by atoms with E-state index < -0.39 is 11.9 Å². The smallest absolute Gasteiger partial charge is 0.347 e. The number of H-pyrrole nitrogens is 1. The monoisotopic (exact) mass is 791 g/mol. The lowest BCUT2D eigenvalue weighted by Gasteiger charge is -2.12. The Bertz CT molecular complexity index is 1890. The number of hydrogen-bond donors (Lipinski definition) is 2. The normalized spacial score (nSPS) is 11.2. The van der Waals surface area contributed by atoms with E-state index in [2.05, 4.69) is 63.3 Å².